The molecule has 0 aliphatic rings. The lowest BCUT2D eigenvalue weighted by Crippen LogP contribution is -1.93. The molecular weight excluding hydrogens is 282 g/mol. The third-order valence-corrected chi connectivity index (χ3v) is 3.37. The average Bonchev–Trinajstić information content (AvgIpc) is 2.82. The SMILES string of the molecule is Cc1cccc2c(N=NC(=O)c3ccccc3O)c(O)[nH]c12. The van der Waals surface area contributed by atoms with Crippen LogP contribution in [0.3, 0.4) is 0 Å². The van der Waals surface area contributed by atoms with Gasteiger partial charge in [0.2, 0.25) is 5.88 Å². The predicted octanol–water partition coefficient (Wildman–Crippen LogP) is 3.81. The number of H-pyrrole nitrogens is 1. The number of benzene rings is 2. The minimum Gasteiger partial charge on any atom is -0.507 e. The summed E-state index contributed by atoms with van der Waals surface area (Å²) >= 11 is 0. The van der Waals surface area contributed by atoms with Crippen LogP contribution in [0, 0.1) is 6.92 Å². The molecule has 0 atom stereocenters. The van der Waals surface area contributed by atoms with Crippen LogP contribution in [0.25, 0.3) is 10.9 Å². The highest BCUT2D eigenvalue weighted by Crippen LogP contribution is 2.36. The van der Waals surface area contributed by atoms with Crippen LogP contribution in [0.5, 0.6) is 11.6 Å². The summed E-state index contributed by atoms with van der Waals surface area (Å²) < 4.78 is 0. The number of carbonyl (C=O) groups is 1. The van der Waals surface area contributed by atoms with Gasteiger partial charge in [-0.1, -0.05) is 30.3 Å². The lowest BCUT2D eigenvalue weighted by Gasteiger charge is -1.97. The summed E-state index contributed by atoms with van der Waals surface area (Å²) in [5.41, 5.74) is 1.94. The van der Waals surface area contributed by atoms with Crippen molar-refractivity contribution in [2.24, 2.45) is 10.2 Å². The van der Waals surface area contributed by atoms with Crippen LogP contribution in [0.15, 0.2) is 52.7 Å². The van der Waals surface area contributed by atoms with Crippen molar-refractivity contribution in [2.75, 3.05) is 0 Å². The largest absolute Gasteiger partial charge is 0.507 e. The summed E-state index contributed by atoms with van der Waals surface area (Å²) in [4.78, 5) is 14.8. The van der Waals surface area contributed by atoms with Gasteiger partial charge in [0.25, 0.3) is 5.91 Å². The molecule has 1 heterocycles. The van der Waals surface area contributed by atoms with E-state index in [2.05, 4.69) is 15.2 Å². The van der Waals surface area contributed by atoms with E-state index < -0.39 is 5.91 Å². The molecule has 6 nitrogen and oxygen atoms in total. The molecule has 0 radical (unpaired) electrons. The number of phenols is 1. The zero-order chi connectivity index (χ0) is 15.7. The molecule has 110 valence electrons. The molecule has 0 fully saturated rings. The predicted molar refractivity (Wildman–Crippen MR) is 81.7 cm³/mol. The highest BCUT2D eigenvalue weighted by atomic mass is 16.3. The molecule has 0 unspecified atom stereocenters. The Morgan fingerprint density at radius 2 is 1.86 bits per heavy atom. The molecule has 2 aromatic carbocycles. The van der Waals surface area contributed by atoms with Crippen molar-refractivity contribution >= 4 is 22.5 Å². The van der Waals surface area contributed by atoms with Gasteiger partial charge in [0.1, 0.15) is 5.75 Å². The van der Waals surface area contributed by atoms with Crippen molar-refractivity contribution in [3.63, 3.8) is 0 Å². The molecule has 0 saturated heterocycles. The molecule has 22 heavy (non-hydrogen) atoms. The normalized spacial score (nSPS) is 11.3. The van der Waals surface area contributed by atoms with Crippen molar-refractivity contribution in [2.45, 2.75) is 6.92 Å². The standard InChI is InChI=1S/C16H13N3O3/c1-9-5-4-7-11-13(9)17-16(22)14(11)18-19-15(21)10-6-2-3-8-12(10)20/h2-8,17,20,22H,1H3. The molecule has 0 saturated carbocycles. The van der Waals surface area contributed by atoms with Gasteiger partial charge in [0, 0.05) is 5.39 Å². The number of hydrogen-bond donors (Lipinski definition) is 3. The van der Waals surface area contributed by atoms with Gasteiger partial charge < -0.3 is 15.2 Å². The van der Waals surface area contributed by atoms with E-state index >= 15 is 0 Å². The van der Waals surface area contributed by atoms with Gasteiger partial charge >= 0.3 is 0 Å². The summed E-state index contributed by atoms with van der Waals surface area (Å²) in [6, 6.07) is 11.6. The Labute approximate surface area is 125 Å². The number of rotatable bonds is 2. The molecule has 0 aliphatic heterocycles. The maximum atomic E-state index is 12.0. The van der Waals surface area contributed by atoms with E-state index in [1.807, 2.05) is 19.1 Å². The van der Waals surface area contributed by atoms with Gasteiger partial charge in [-0.3, -0.25) is 4.79 Å². The first-order valence-corrected chi connectivity index (χ1v) is 6.62. The molecule has 0 bridgehead atoms. The van der Waals surface area contributed by atoms with Crippen molar-refractivity contribution in [1.82, 2.24) is 4.98 Å². The van der Waals surface area contributed by atoms with Gasteiger partial charge in [0.15, 0.2) is 5.69 Å². The number of nitrogens with one attached hydrogen (secondary N) is 1. The Morgan fingerprint density at radius 1 is 1.09 bits per heavy atom. The van der Waals surface area contributed by atoms with Crippen LogP contribution in [0.4, 0.5) is 5.69 Å². The smallest absolute Gasteiger partial charge is 0.299 e. The van der Waals surface area contributed by atoms with Gasteiger partial charge in [-0.25, -0.2) is 0 Å². The van der Waals surface area contributed by atoms with E-state index in [1.165, 1.54) is 12.1 Å². The van der Waals surface area contributed by atoms with Crippen LogP contribution >= 0.6 is 0 Å². The Morgan fingerprint density at radius 3 is 2.64 bits per heavy atom. The maximum absolute atomic E-state index is 12.0. The Hall–Kier alpha value is -3.15. The summed E-state index contributed by atoms with van der Waals surface area (Å²) in [5.74, 6) is -0.997. The molecule has 3 rings (SSSR count). The summed E-state index contributed by atoms with van der Waals surface area (Å²) in [5, 5.41) is 27.6. The van der Waals surface area contributed by atoms with Crippen LogP contribution < -0.4 is 0 Å². The number of phenolic OH excluding ortho intramolecular Hbond substituents is 1. The number of hydrogen-bond acceptors (Lipinski definition) is 4. The van der Waals surface area contributed by atoms with Gasteiger partial charge in [-0.15, -0.1) is 10.2 Å². The molecule has 0 aliphatic carbocycles. The van der Waals surface area contributed by atoms with Crippen LogP contribution in [-0.2, 0) is 0 Å². The van der Waals surface area contributed by atoms with Crippen LogP contribution in [-0.4, -0.2) is 21.1 Å². The third-order valence-electron chi connectivity index (χ3n) is 3.37. The summed E-state index contributed by atoms with van der Waals surface area (Å²) in [7, 11) is 0. The second-order valence-corrected chi connectivity index (χ2v) is 4.84. The molecule has 3 N–H and O–H groups in total. The second-order valence-electron chi connectivity index (χ2n) is 4.84. The fourth-order valence-corrected chi connectivity index (χ4v) is 2.24. The van der Waals surface area contributed by atoms with Crippen LogP contribution in [0.2, 0.25) is 0 Å². The molecule has 0 spiro atoms. The highest BCUT2D eigenvalue weighted by Gasteiger charge is 2.13. The maximum Gasteiger partial charge on any atom is 0.299 e. The number of aromatic nitrogens is 1. The van der Waals surface area contributed by atoms with Gasteiger partial charge in [-0.2, -0.15) is 0 Å². The highest BCUT2D eigenvalue weighted by molar-refractivity contribution is 5.99. The molecule has 1 amide bonds. The number of aryl methyl sites for hydroxylation is 1. The fraction of sp³-hybridized carbons (Fsp3) is 0.0625. The Kier molecular flexibility index (Phi) is 3.34. The van der Waals surface area contributed by atoms with Gasteiger partial charge in [-0.05, 0) is 24.6 Å². The lowest BCUT2D eigenvalue weighted by molar-refractivity contribution is 0.0992. The van der Waals surface area contributed by atoms with Crippen molar-refractivity contribution < 1.29 is 15.0 Å². The monoisotopic (exact) mass is 295 g/mol. The van der Waals surface area contributed by atoms with E-state index in [0.29, 0.717) is 5.39 Å². The number of aromatic amines is 1. The zero-order valence-corrected chi connectivity index (χ0v) is 11.7. The van der Waals surface area contributed by atoms with E-state index in [-0.39, 0.29) is 22.9 Å². The Bertz CT molecular complexity index is 897. The van der Waals surface area contributed by atoms with Crippen molar-refractivity contribution in [3.05, 3.63) is 53.6 Å². The number of aromatic hydroxyl groups is 2. The van der Waals surface area contributed by atoms with E-state index in [4.69, 9.17) is 0 Å². The first kappa shape index (κ1) is 13.8. The molecule has 6 heteroatoms. The van der Waals surface area contributed by atoms with E-state index in [9.17, 15) is 15.0 Å². The molecule has 1 aromatic heterocycles. The van der Waals surface area contributed by atoms with E-state index in [1.54, 1.807) is 18.2 Å². The number of para-hydroxylation sites is 2. The zero-order valence-electron chi connectivity index (χ0n) is 11.7. The fourth-order valence-electron chi connectivity index (χ4n) is 2.24. The lowest BCUT2D eigenvalue weighted by atomic mass is 10.1. The van der Waals surface area contributed by atoms with Crippen molar-refractivity contribution in [3.8, 4) is 11.6 Å². The molecule has 3 aromatic rings. The first-order valence-electron chi connectivity index (χ1n) is 6.62. The van der Waals surface area contributed by atoms with Crippen LogP contribution in [0.1, 0.15) is 15.9 Å². The van der Waals surface area contributed by atoms with Crippen molar-refractivity contribution in [1.29, 1.82) is 0 Å². The topological polar surface area (TPSA) is 98.0 Å². The number of carbonyl (C=O) groups excluding carboxylic acids is 1. The summed E-state index contributed by atoms with van der Waals surface area (Å²) in [6.45, 7) is 1.90. The molecular formula is C16H13N3O3. The van der Waals surface area contributed by atoms with Gasteiger partial charge in [0.05, 0.1) is 11.1 Å². The van der Waals surface area contributed by atoms with E-state index in [0.717, 1.165) is 11.1 Å². The number of nitrogens with zero attached hydrogens (tertiary/aromatic N) is 2. The second kappa shape index (κ2) is 5.33. The number of azo groups is 1. The summed E-state index contributed by atoms with van der Waals surface area (Å²) in [6.07, 6.45) is 0. The quantitative estimate of drug-likeness (QED) is 0.627. The number of amides is 1. The number of fused-ring (bicyclic) bond motifs is 1. The first-order chi connectivity index (χ1) is 10.6. The average molecular weight is 295 g/mol. The Balaban J connectivity index is 2.00. The minimum absolute atomic E-state index is 0.0572. The third kappa shape index (κ3) is 2.31. The minimum atomic E-state index is -0.681.